The maximum Gasteiger partial charge on any atom is 0.283 e. The third-order valence-electron chi connectivity index (χ3n) is 2.97. The first-order valence-corrected chi connectivity index (χ1v) is 7.16. The summed E-state index contributed by atoms with van der Waals surface area (Å²) in [4.78, 5) is 22.2. The van der Waals surface area contributed by atoms with Crippen LogP contribution in [0, 0.1) is 10.1 Å². The summed E-state index contributed by atoms with van der Waals surface area (Å²) in [6.45, 7) is 2.67. The number of halogens is 1. The van der Waals surface area contributed by atoms with E-state index in [9.17, 15) is 14.9 Å². The highest BCUT2D eigenvalue weighted by molar-refractivity contribution is 6.31. The molecule has 0 bridgehead atoms. The molecule has 0 aliphatic rings. The topological polar surface area (TPSA) is 72.2 Å². The molecule has 0 saturated heterocycles. The Morgan fingerprint density at radius 2 is 2.00 bits per heavy atom. The Labute approximate surface area is 123 Å². The van der Waals surface area contributed by atoms with Crippen molar-refractivity contribution >= 4 is 23.2 Å². The molecule has 1 aromatic carbocycles. The molecule has 0 heterocycles. The smallest absolute Gasteiger partial charge is 0.283 e. The van der Waals surface area contributed by atoms with Crippen LogP contribution in [0.3, 0.4) is 0 Å². The fraction of sp³-hybridized carbons (Fsp3) is 0.500. The van der Waals surface area contributed by atoms with Gasteiger partial charge in [-0.05, 0) is 18.6 Å². The van der Waals surface area contributed by atoms with Gasteiger partial charge in [0.1, 0.15) is 5.56 Å². The van der Waals surface area contributed by atoms with Crippen LogP contribution in [0.4, 0.5) is 5.69 Å². The number of amides is 1. The third-order valence-corrected chi connectivity index (χ3v) is 3.20. The molecule has 6 heteroatoms. The van der Waals surface area contributed by atoms with E-state index in [1.807, 2.05) is 0 Å². The summed E-state index contributed by atoms with van der Waals surface area (Å²) in [6, 6.07) is 4.05. The van der Waals surface area contributed by atoms with Gasteiger partial charge in [0.2, 0.25) is 0 Å². The summed E-state index contributed by atoms with van der Waals surface area (Å²) >= 11 is 5.70. The molecule has 0 unspecified atom stereocenters. The lowest BCUT2D eigenvalue weighted by Crippen LogP contribution is -2.25. The first-order valence-electron chi connectivity index (χ1n) is 6.78. The molecule has 0 radical (unpaired) electrons. The van der Waals surface area contributed by atoms with Crippen molar-refractivity contribution < 1.29 is 9.72 Å². The molecule has 1 N–H and O–H groups in total. The summed E-state index contributed by atoms with van der Waals surface area (Å²) in [5.41, 5.74) is -0.214. The lowest BCUT2D eigenvalue weighted by atomic mass is 10.1. The van der Waals surface area contributed by atoms with Crippen molar-refractivity contribution in [3.8, 4) is 0 Å². The van der Waals surface area contributed by atoms with Gasteiger partial charge in [-0.3, -0.25) is 14.9 Å². The zero-order chi connectivity index (χ0) is 15.0. The van der Waals surface area contributed by atoms with Crippen LogP contribution < -0.4 is 5.32 Å². The minimum atomic E-state index is -0.595. The van der Waals surface area contributed by atoms with Crippen LogP contribution in [-0.2, 0) is 0 Å². The van der Waals surface area contributed by atoms with Gasteiger partial charge in [0.25, 0.3) is 11.6 Å². The van der Waals surface area contributed by atoms with Crippen LogP contribution in [-0.4, -0.2) is 17.4 Å². The second kappa shape index (κ2) is 8.53. The van der Waals surface area contributed by atoms with Gasteiger partial charge in [-0.15, -0.1) is 0 Å². The maximum atomic E-state index is 11.9. The summed E-state index contributed by atoms with van der Waals surface area (Å²) in [5, 5.41) is 13.8. The van der Waals surface area contributed by atoms with Gasteiger partial charge in [0.15, 0.2) is 0 Å². The second-order valence-corrected chi connectivity index (χ2v) is 5.03. The summed E-state index contributed by atoms with van der Waals surface area (Å²) in [5.74, 6) is -0.427. The normalized spacial score (nSPS) is 10.3. The average Bonchev–Trinajstić information content (AvgIpc) is 2.42. The SMILES string of the molecule is CCCCCCCNC(=O)c1ccc(Cl)cc1[N+](=O)[O-]. The number of nitrogens with zero attached hydrogens (tertiary/aromatic N) is 1. The molecule has 0 aliphatic heterocycles. The molecule has 5 nitrogen and oxygen atoms in total. The van der Waals surface area contributed by atoms with E-state index in [2.05, 4.69) is 12.2 Å². The predicted octanol–water partition coefficient (Wildman–Crippen LogP) is 3.95. The number of carbonyl (C=O) groups excluding carboxylic acids is 1. The van der Waals surface area contributed by atoms with Crippen molar-refractivity contribution in [2.75, 3.05) is 6.54 Å². The van der Waals surface area contributed by atoms with Crippen LogP contribution in [0.5, 0.6) is 0 Å². The van der Waals surface area contributed by atoms with Crippen molar-refractivity contribution in [3.05, 3.63) is 38.9 Å². The molecule has 0 fully saturated rings. The minimum absolute atomic E-state index is 0.0490. The number of nitrogens with one attached hydrogen (secondary N) is 1. The van der Waals surface area contributed by atoms with E-state index in [0.29, 0.717) is 6.54 Å². The van der Waals surface area contributed by atoms with E-state index in [-0.39, 0.29) is 16.3 Å². The zero-order valence-electron chi connectivity index (χ0n) is 11.5. The fourth-order valence-corrected chi connectivity index (χ4v) is 2.04. The number of hydrogen-bond donors (Lipinski definition) is 1. The van der Waals surface area contributed by atoms with Crippen molar-refractivity contribution in [3.63, 3.8) is 0 Å². The molecule has 110 valence electrons. The van der Waals surface area contributed by atoms with Gasteiger partial charge in [-0.2, -0.15) is 0 Å². The fourth-order valence-electron chi connectivity index (χ4n) is 1.87. The third kappa shape index (κ3) is 5.17. The Morgan fingerprint density at radius 3 is 2.65 bits per heavy atom. The van der Waals surface area contributed by atoms with E-state index in [1.54, 1.807) is 0 Å². The number of nitro groups is 1. The molecule has 1 aromatic rings. The number of unbranched alkanes of at least 4 members (excludes halogenated alkanes) is 4. The molecule has 0 aromatic heterocycles. The molecule has 0 saturated carbocycles. The molecular weight excluding hydrogens is 280 g/mol. The Hall–Kier alpha value is -1.62. The first kappa shape index (κ1) is 16.4. The van der Waals surface area contributed by atoms with Crippen LogP contribution >= 0.6 is 11.6 Å². The highest BCUT2D eigenvalue weighted by Crippen LogP contribution is 2.23. The van der Waals surface area contributed by atoms with Gasteiger partial charge < -0.3 is 5.32 Å². The van der Waals surface area contributed by atoms with Gasteiger partial charge in [-0.1, -0.05) is 44.2 Å². The number of hydrogen-bond acceptors (Lipinski definition) is 3. The summed E-state index contributed by atoms with van der Waals surface area (Å²) in [7, 11) is 0. The van der Waals surface area contributed by atoms with E-state index in [0.717, 1.165) is 19.3 Å². The second-order valence-electron chi connectivity index (χ2n) is 4.59. The van der Waals surface area contributed by atoms with Crippen molar-refractivity contribution in [2.24, 2.45) is 0 Å². The molecule has 0 aliphatic carbocycles. The predicted molar refractivity (Wildman–Crippen MR) is 79.2 cm³/mol. The standard InChI is InChI=1S/C14H19ClN2O3/c1-2-3-4-5-6-9-16-14(18)12-8-7-11(15)10-13(12)17(19)20/h7-8,10H,2-6,9H2,1H3,(H,16,18). The van der Waals surface area contributed by atoms with Crippen molar-refractivity contribution in [1.29, 1.82) is 0 Å². The highest BCUT2D eigenvalue weighted by Gasteiger charge is 2.19. The number of benzene rings is 1. The van der Waals surface area contributed by atoms with E-state index < -0.39 is 10.8 Å². The number of rotatable bonds is 8. The Morgan fingerprint density at radius 1 is 1.30 bits per heavy atom. The number of carbonyl (C=O) groups is 1. The van der Waals surface area contributed by atoms with Crippen LogP contribution in [0.15, 0.2) is 18.2 Å². The van der Waals surface area contributed by atoms with E-state index >= 15 is 0 Å². The monoisotopic (exact) mass is 298 g/mol. The van der Waals surface area contributed by atoms with Crippen LogP contribution in [0.2, 0.25) is 5.02 Å². The molecular formula is C14H19ClN2O3. The zero-order valence-corrected chi connectivity index (χ0v) is 12.3. The quantitative estimate of drug-likeness (QED) is 0.449. The molecule has 1 rings (SSSR count). The molecule has 0 spiro atoms. The van der Waals surface area contributed by atoms with Crippen LogP contribution in [0.1, 0.15) is 49.4 Å². The maximum absolute atomic E-state index is 11.9. The van der Waals surface area contributed by atoms with Gasteiger partial charge >= 0.3 is 0 Å². The summed E-state index contributed by atoms with van der Waals surface area (Å²) in [6.07, 6.45) is 5.44. The summed E-state index contributed by atoms with van der Waals surface area (Å²) < 4.78 is 0. The lowest BCUT2D eigenvalue weighted by molar-refractivity contribution is -0.385. The lowest BCUT2D eigenvalue weighted by Gasteiger charge is -2.06. The first-order chi connectivity index (χ1) is 9.56. The Kier molecular flexibility index (Phi) is 7.01. The number of nitro benzene ring substituents is 1. The van der Waals surface area contributed by atoms with E-state index in [4.69, 9.17) is 11.6 Å². The van der Waals surface area contributed by atoms with E-state index in [1.165, 1.54) is 31.0 Å². The molecule has 0 atom stereocenters. The van der Waals surface area contributed by atoms with Gasteiger partial charge in [0, 0.05) is 17.6 Å². The molecule has 20 heavy (non-hydrogen) atoms. The highest BCUT2D eigenvalue weighted by atomic mass is 35.5. The molecule has 1 amide bonds. The van der Waals surface area contributed by atoms with Gasteiger partial charge in [0.05, 0.1) is 4.92 Å². The Bertz CT molecular complexity index is 477. The average molecular weight is 299 g/mol. The van der Waals surface area contributed by atoms with Crippen molar-refractivity contribution in [2.45, 2.75) is 39.0 Å². The largest absolute Gasteiger partial charge is 0.352 e. The van der Waals surface area contributed by atoms with Gasteiger partial charge in [-0.25, -0.2) is 0 Å². The van der Waals surface area contributed by atoms with Crippen LogP contribution in [0.25, 0.3) is 0 Å². The minimum Gasteiger partial charge on any atom is -0.352 e. The van der Waals surface area contributed by atoms with Crippen molar-refractivity contribution in [1.82, 2.24) is 5.32 Å². The Balaban J connectivity index is 2.53.